The Kier molecular flexibility index (Phi) is 4.35. The molecule has 1 aromatic heterocycles. The number of carboxylic acids is 1. The molecular weight excluding hydrogens is 346 g/mol. The van der Waals surface area contributed by atoms with E-state index in [0.717, 1.165) is 32.0 Å². The van der Waals surface area contributed by atoms with Gasteiger partial charge in [0, 0.05) is 44.4 Å². The molecule has 1 N–H and O–H groups in total. The lowest BCUT2D eigenvalue weighted by Gasteiger charge is -2.44. The third-order valence-electron chi connectivity index (χ3n) is 5.04. The number of aliphatic carboxylic acids is 1. The van der Waals surface area contributed by atoms with Gasteiger partial charge in [-0.3, -0.25) is 4.79 Å². The molecule has 1 saturated heterocycles. The highest BCUT2D eigenvalue weighted by molar-refractivity contribution is 6.01. The molecular formula is C20H19N3O4. The minimum Gasteiger partial charge on any atom is -0.486 e. The summed E-state index contributed by atoms with van der Waals surface area (Å²) < 4.78 is 6.27. The molecule has 2 aliphatic rings. The van der Waals surface area contributed by atoms with Gasteiger partial charge in [-0.05, 0) is 29.8 Å². The summed E-state index contributed by atoms with van der Waals surface area (Å²) in [5, 5.41) is 8.74. The summed E-state index contributed by atoms with van der Waals surface area (Å²) in [4.78, 5) is 34.1. The molecule has 0 saturated carbocycles. The van der Waals surface area contributed by atoms with Gasteiger partial charge >= 0.3 is 5.97 Å². The maximum Gasteiger partial charge on any atom is 0.328 e. The van der Waals surface area contributed by atoms with Gasteiger partial charge in [0.15, 0.2) is 5.78 Å². The van der Waals surface area contributed by atoms with Crippen LogP contribution in [0.2, 0.25) is 0 Å². The van der Waals surface area contributed by atoms with Crippen LogP contribution in [0.25, 0.3) is 6.08 Å². The number of carbonyl (C=O) groups excluding carboxylic acids is 1. The third-order valence-corrected chi connectivity index (χ3v) is 5.04. The van der Waals surface area contributed by atoms with Gasteiger partial charge in [-0.2, -0.15) is 0 Å². The Morgan fingerprint density at radius 3 is 2.67 bits per heavy atom. The molecule has 0 radical (unpaired) electrons. The van der Waals surface area contributed by atoms with E-state index in [-0.39, 0.29) is 5.78 Å². The van der Waals surface area contributed by atoms with E-state index >= 15 is 0 Å². The number of anilines is 1. The smallest absolute Gasteiger partial charge is 0.328 e. The Labute approximate surface area is 156 Å². The molecule has 2 aromatic rings. The van der Waals surface area contributed by atoms with E-state index in [4.69, 9.17) is 9.84 Å². The second-order valence-corrected chi connectivity index (χ2v) is 6.85. The number of nitrogens with zero attached hydrogens (tertiary/aromatic N) is 3. The van der Waals surface area contributed by atoms with Gasteiger partial charge in [-0.1, -0.05) is 6.07 Å². The van der Waals surface area contributed by atoms with Gasteiger partial charge in [0.2, 0.25) is 5.95 Å². The molecule has 0 atom stereocenters. The van der Waals surface area contributed by atoms with E-state index in [1.165, 1.54) is 6.08 Å². The van der Waals surface area contributed by atoms with Crippen molar-refractivity contribution in [2.75, 3.05) is 18.0 Å². The van der Waals surface area contributed by atoms with Gasteiger partial charge in [0.25, 0.3) is 0 Å². The number of aromatic nitrogens is 2. The number of piperidine rings is 1. The van der Waals surface area contributed by atoms with Crippen LogP contribution in [0, 0.1) is 0 Å². The van der Waals surface area contributed by atoms with Gasteiger partial charge in [-0.25, -0.2) is 14.8 Å². The summed E-state index contributed by atoms with van der Waals surface area (Å²) in [5.41, 5.74) is 0.690. The highest BCUT2D eigenvalue weighted by Gasteiger charge is 2.43. The predicted octanol–water partition coefficient (Wildman–Crippen LogP) is 2.58. The van der Waals surface area contributed by atoms with Crippen molar-refractivity contribution in [3.05, 3.63) is 53.9 Å². The topological polar surface area (TPSA) is 92.6 Å². The summed E-state index contributed by atoms with van der Waals surface area (Å²) in [7, 11) is 0. The van der Waals surface area contributed by atoms with E-state index in [1.54, 1.807) is 36.7 Å². The first-order valence-corrected chi connectivity index (χ1v) is 8.84. The number of fused-ring (bicyclic) bond motifs is 1. The molecule has 1 fully saturated rings. The average molecular weight is 365 g/mol. The molecule has 138 valence electrons. The Hall–Kier alpha value is -3.22. The fourth-order valence-corrected chi connectivity index (χ4v) is 3.63. The fourth-order valence-electron chi connectivity index (χ4n) is 3.63. The molecule has 2 aliphatic heterocycles. The van der Waals surface area contributed by atoms with E-state index in [2.05, 4.69) is 14.9 Å². The molecule has 4 rings (SSSR count). The maximum absolute atomic E-state index is 12.7. The zero-order chi connectivity index (χ0) is 18.9. The average Bonchev–Trinajstić information content (AvgIpc) is 2.68. The molecule has 0 amide bonds. The summed E-state index contributed by atoms with van der Waals surface area (Å²) >= 11 is 0. The van der Waals surface area contributed by atoms with Crippen molar-refractivity contribution in [1.29, 1.82) is 0 Å². The van der Waals surface area contributed by atoms with Crippen molar-refractivity contribution in [2.45, 2.75) is 24.9 Å². The number of hydrogen-bond donors (Lipinski definition) is 1. The van der Waals surface area contributed by atoms with E-state index in [0.29, 0.717) is 29.2 Å². The van der Waals surface area contributed by atoms with Crippen LogP contribution in [0.5, 0.6) is 5.75 Å². The number of rotatable bonds is 3. The maximum atomic E-state index is 12.7. The minimum atomic E-state index is -1.02. The Morgan fingerprint density at radius 2 is 1.96 bits per heavy atom. The summed E-state index contributed by atoms with van der Waals surface area (Å²) in [6.45, 7) is 1.46. The van der Waals surface area contributed by atoms with Crippen LogP contribution in [0.4, 0.5) is 5.95 Å². The molecule has 27 heavy (non-hydrogen) atoms. The van der Waals surface area contributed by atoms with Crippen LogP contribution < -0.4 is 9.64 Å². The van der Waals surface area contributed by atoms with Crippen molar-refractivity contribution in [2.24, 2.45) is 0 Å². The van der Waals surface area contributed by atoms with Gasteiger partial charge in [-0.15, -0.1) is 0 Å². The first-order chi connectivity index (χ1) is 13.0. The lowest BCUT2D eigenvalue weighted by Crippen LogP contribution is -2.51. The Morgan fingerprint density at radius 1 is 1.22 bits per heavy atom. The highest BCUT2D eigenvalue weighted by Crippen LogP contribution is 2.40. The number of Topliss-reactive ketones (excluding diaryl/α,β-unsaturated/α-hetero) is 1. The van der Waals surface area contributed by atoms with Crippen molar-refractivity contribution in [3.63, 3.8) is 0 Å². The Balaban J connectivity index is 1.51. The van der Waals surface area contributed by atoms with Crippen molar-refractivity contribution >= 4 is 23.8 Å². The Bertz CT molecular complexity index is 903. The fraction of sp³-hybridized carbons (Fsp3) is 0.300. The number of hydrogen-bond acceptors (Lipinski definition) is 6. The zero-order valence-corrected chi connectivity index (χ0v) is 14.7. The van der Waals surface area contributed by atoms with Gasteiger partial charge in [0.1, 0.15) is 11.4 Å². The van der Waals surface area contributed by atoms with Crippen LogP contribution in [0.15, 0.2) is 42.7 Å². The summed E-state index contributed by atoms with van der Waals surface area (Å²) in [6, 6.07) is 6.99. The molecule has 0 unspecified atom stereocenters. The molecule has 7 heteroatoms. The zero-order valence-electron chi connectivity index (χ0n) is 14.7. The third kappa shape index (κ3) is 3.53. The highest BCUT2D eigenvalue weighted by atomic mass is 16.5. The lowest BCUT2D eigenvalue weighted by molar-refractivity contribution is -0.131. The van der Waals surface area contributed by atoms with Crippen LogP contribution >= 0.6 is 0 Å². The van der Waals surface area contributed by atoms with Crippen LogP contribution in [0.3, 0.4) is 0 Å². The summed E-state index contributed by atoms with van der Waals surface area (Å²) in [5.74, 6) is 0.280. The number of ketones is 1. The van der Waals surface area contributed by atoms with E-state index in [1.807, 2.05) is 0 Å². The predicted molar refractivity (Wildman–Crippen MR) is 98.9 cm³/mol. The van der Waals surface area contributed by atoms with Gasteiger partial charge in [0.05, 0.1) is 12.0 Å². The van der Waals surface area contributed by atoms with Gasteiger partial charge < -0.3 is 14.7 Å². The standard InChI is InChI=1S/C20H19N3O4/c24-16-13-20(6-10-23(11-7-20)19-21-8-1-9-22-19)27-17-4-2-14(12-15(16)17)3-5-18(25)26/h1-5,8-9,12H,6-7,10-11,13H2,(H,25,26)/b5-3+. The normalized spacial score (nSPS) is 18.4. The molecule has 3 heterocycles. The number of carboxylic acid groups (broad SMARTS) is 1. The molecule has 0 aliphatic carbocycles. The number of carbonyl (C=O) groups is 2. The number of benzene rings is 1. The minimum absolute atomic E-state index is 0.0336. The van der Waals surface area contributed by atoms with Crippen molar-refractivity contribution in [1.82, 2.24) is 9.97 Å². The van der Waals surface area contributed by atoms with Crippen LogP contribution in [-0.2, 0) is 4.79 Å². The first kappa shape index (κ1) is 17.2. The number of ether oxygens (including phenoxy) is 1. The molecule has 0 bridgehead atoms. The van der Waals surface area contributed by atoms with Crippen LogP contribution in [0.1, 0.15) is 35.2 Å². The molecule has 1 aromatic carbocycles. The second-order valence-electron chi connectivity index (χ2n) is 6.85. The van der Waals surface area contributed by atoms with Crippen molar-refractivity contribution in [3.8, 4) is 5.75 Å². The largest absolute Gasteiger partial charge is 0.486 e. The first-order valence-electron chi connectivity index (χ1n) is 8.84. The van der Waals surface area contributed by atoms with E-state index in [9.17, 15) is 9.59 Å². The molecule has 1 spiro atoms. The SMILES string of the molecule is O=C(O)/C=C/c1ccc2c(c1)C(=O)CC1(CCN(c3ncccn3)CC1)O2. The van der Waals surface area contributed by atoms with Crippen LogP contribution in [-0.4, -0.2) is 45.5 Å². The molecule has 7 nitrogen and oxygen atoms in total. The van der Waals surface area contributed by atoms with Crippen molar-refractivity contribution < 1.29 is 19.4 Å². The lowest BCUT2D eigenvalue weighted by atomic mass is 9.82. The quantitative estimate of drug-likeness (QED) is 0.836. The summed E-state index contributed by atoms with van der Waals surface area (Å²) in [6.07, 6.45) is 7.74. The van der Waals surface area contributed by atoms with E-state index < -0.39 is 11.6 Å². The second kappa shape index (κ2) is 6.83. The monoisotopic (exact) mass is 365 g/mol.